The Morgan fingerprint density at radius 3 is 3.18 bits per heavy atom. The third kappa shape index (κ3) is 4.19. The Labute approximate surface area is 131 Å². The van der Waals surface area contributed by atoms with Crippen molar-refractivity contribution in [2.75, 3.05) is 19.7 Å². The number of carbonyl (C=O) groups excluding carboxylic acids is 1. The molecule has 3 rings (SSSR count). The van der Waals surface area contributed by atoms with Crippen molar-refractivity contribution in [3.8, 4) is 5.75 Å². The first-order valence-electron chi connectivity index (χ1n) is 8.28. The van der Waals surface area contributed by atoms with Gasteiger partial charge in [-0.15, -0.1) is 0 Å². The first-order chi connectivity index (χ1) is 10.7. The molecule has 5 heteroatoms. The predicted octanol–water partition coefficient (Wildman–Crippen LogP) is 1.84. The maximum Gasteiger partial charge on any atom is 0.216 e. The third-order valence-corrected chi connectivity index (χ3v) is 4.59. The van der Waals surface area contributed by atoms with Crippen LogP contribution in [0.1, 0.15) is 44.1 Å². The summed E-state index contributed by atoms with van der Waals surface area (Å²) in [4.78, 5) is 15.2. The van der Waals surface area contributed by atoms with Crippen LogP contribution in [-0.2, 0) is 4.79 Å². The van der Waals surface area contributed by atoms with E-state index in [0.717, 1.165) is 31.9 Å². The van der Waals surface area contributed by atoms with Gasteiger partial charge in [-0.25, -0.2) is 0 Å². The quantitative estimate of drug-likeness (QED) is 0.807. The van der Waals surface area contributed by atoms with Gasteiger partial charge in [-0.3, -0.25) is 9.78 Å². The van der Waals surface area contributed by atoms with E-state index in [9.17, 15) is 4.79 Å². The van der Waals surface area contributed by atoms with Gasteiger partial charge < -0.3 is 15.4 Å². The van der Waals surface area contributed by atoms with Crippen LogP contribution in [-0.4, -0.2) is 36.6 Å². The van der Waals surface area contributed by atoms with Crippen LogP contribution in [0.15, 0.2) is 18.5 Å². The Bertz CT molecular complexity index is 514. The van der Waals surface area contributed by atoms with Gasteiger partial charge in [-0.05, 0) is 55.7 Å². The van der Waals surface area contributed by atoms with E-state index < -0.39 is 0 Å². The molecular weight excluding hydrogens is 278 g/mol. The fourth-order valence-corrected chi connectivity index (χ4v) is 3.22. The van der Waals surface area contributed by atoms with Crippen molar-refractivity contribution in [3.63, 3.8) is 0 Å². The summed E-state index contributed by atoms with van der Waals surface area (Å²) in [5, 5.41) is 6.30. The zero-order valence-corrected chi connectivity index (χ0v) is 13.2. The van der Waals surface area contributed by atoms with Gasteiger partial charge in [0, 0.05) is 25.7 Å². The molecule has 2 heterocycles. The van der Waals surface area contributed by atoms with E-state index in [1.807, 2.05) is 6.20 Å². The number of carbonyl (C=O) groups is 1. The zero-order valence-electron chi connectivity index (χ0n) is 13.2. The van der Waals surface area contributed by atoms with E-state index in [4.69, 9.17) is 4.74 Å². The summed E-state index contributed by atoms with van der Waals surface area (Å²) in [6.45, 7) is 4.16. The van der Waals surface area contributed by atoms with Gasteiger partial charge in [0.05, 0.1) is 6.20 Å². The maximum atomic E-state index is 10.9. The highest BCUT2D eigenvalue weighted by atomic mass is 16.5. The van der Waals surface area contributed by atoms with Crippen molar-refractivity contribution in [1.82, 2.24) is 15.6 Å². The largest absolute Gasteiger partial charge is 0.490 e. The van der Waals surface area contributed by atoms with E-state index in [0.29, 0.717) is 17.9 Å². The van der Waals surface area contributed by atoms with Crippen LogP contribution >= 0.6 is 0 Å². The first kappa shape index (κ1) is 15.3. The summed E-state index contributed by atoms with van der Waals surface area (Å²) in [6, 6.07) is 2.61. The molecule has 0 bridgehead atoms. The lowest BCUT2D eigenvalue weighted by molar-refractivity contribution is -0.118. The highest BCUT2D eigenvalue weighted by Gasteiger charge is 2.38. The smallest absolute Gasteiger partial charge is 0.216 e. The van der Waals surface area contributed by atoms with Crippen molar-refractivity contribution >= 4 is 5.91 Å². The van der Waals surface area contributed by atoms with Gasteiger partial charge >= 0.3 is 0 Å². The molecule has 22 heavy (non-hydrogen) atoms. The van der Waals surface area contributed by atoms with Crippen LogP contribution < -0.4 is 15.4 Å². The molecule has 3 atom stereocenters. The fourth-order valence-electron chi connectivity index (χ4n) is 3.22. The minimum absolute atomic E-state index is 0.0507. The van der Waals surface area contributed by atoms with E-state index in [1.165, 1.54) is 24.8 Å². The average Bonchev–Trinajstić information content (AvgIpc) is 3.08. The highest BCUT2D eigenvalue weighted by molar-refractivity contribution is 5.72. The number of rotatable bonds is 7. The van der Waals surface area contributed by atoms with E-state index >= 15 is 0 Å². The monoisotopic (exact) mass is 303 g/mol. The van der Waals surface area contributed by atoms with Crippen LogP contribution in [0.25, 0.3) is 0 Å². The normalized spacial score (nSPS) is 26.7. The number of hydrogen-bond donors (Lipinski definition) is 2. The molecule has 0 radical (unpaired) electrons. The summed E-state index contributed by atoms with van der Waals surface area (Å²) in [6.07, 6.45) is 8.42. The predicted molar refractivity (Wildman–Crippen MR) is 84.9 cm³/mol. The highest BCUT2D eigenvalue weighted by Crippen LogP contribution is 2.49. The molecule has 5 nitrogen and oxygen atoms in total. The Hall–Kier alpha value is -1.62. The molecule has 2 N–H and O–H groups in total. The molecule has 1 saturated heterocycles. The molecule has 1 aromatic rings. The van der Waals surface area contributed by atoms with Crippen molar-refractivity contribution in [3.05, 3.63) is 24.0 Å². The number of ether oxygens (including phenoxy) is 1. The molecule has 1 aliphatic carbocycles. The van der Waals surface area contributed by atoms with Crippen LogP contribution in [0.2, 0.25) is 0 Å². The molecule has 0 unspecified atom stereocenters. The Morgan fingerprint density at radius 1 is 1.50 bits per heavy atom. The lowest BCUT2D eigenvalue weighted by atomic mass is 10.1. The maximum absolute atomic E-state index is 10.9. The summed E-state index contributed by atoms with van der Waals surface area (Å²) < 4.78 is 5.87. The molecule has 1 aromatic heterocycles. The standard InChI is InChI=1S/C17H25N3O2/c1-12(21)19-6-4-13-8-17(13)14-7-16(10-18-9-14)22-11-15-3-2-5-20-15/h7,9-10,13,15,17,20H,2-6,8,11H2,1H3,(H,19,21)/t13-,15-,17-/m0/s1. The number of nitrogens with one attached hydrogen (secondary N) is 2. The van der Waals surface area contributed by atoms with Crippen LogP contribution in [0, 0.1) is 5.92 Å². The molecule has 120 valence electrons. The van der Waals surface area contributed by atoms with Crippen LogP contribution in [0.4, 0.5) is 0 Å². The molecule has 0 aromatic carbocycles. The third-order valence-electron chi connectivity index (χ3n) is 4.59. The molecule has 0 spiro atoms. The second-order valence-electron chi connectivity index (χ2n) is 6.43. The second kappa shape index (κ2) is 7.09. The van der Waals surface area contributed by atoms with Crippen molar-refractivity contribution in [2.45, 2.75) is 44.6 Å². The molecule has 1 aliphatic heterocycles. The van der Waals surface area contributed by atoms with E-state index in [-0.39, 0.29) is 5.91 Å². The van der Waals surface area contributed by atoms with Gasteiger partial charge in [0.1, 0.15) is 12.4 Å². The number of aromatic nitrogens is 1. The lowest BCUT2D eigenvalue weighted by Gasteiger charge is -2.12. The minimum atomic E-state index is 0.0507. The van der Waals surface area contributed by atoms with E-state index in [2.05, 4.69) is 21.7 Å². The molecular formula is C17H25N3O2. The fraction of sp³-hybridized carbons (Fsp3) is 0.647. The second-order valence-corrected chi connectivity index (χ2v) is 6.43. The van der Waals surface area contributed by atoms with Gasteiger partial charge in [0.15, 0.2) is 0 Å². The first-order valence-corrected chi connectivity index (χ1v) is 8.28. The van der Waals surface area contributed by atoms with Gasteiger partial charge in [0.25, 0.3) is 0 Å². The van der Waals surface area contributed by atoms with Crippen molar-refractivity contribution in [2.24, 2.45) is 5.92 Å². The topological polar surface area (TPSA) is 63.2 Å². The Kier molecular flexibility index (Phi) is 4.93. The van der Waals surface area contributed by atoms with Crippen molar-refractivity contribution < 1.29 is 9.53 Å². The minimum Gasteiger partial charge on any atom is -0.490 e. The number of pyridine rings is 1. The van der Waals surface area contributed by atoms with Gasteiger partial charge in [-0.2, -0.15) is 0 Å². The number of hydrogen-bond acceptors (Lipinski definition) is 4. The summed E-state index contributed by atoms with van der Waals surface area (Å²) >= 11 is 0. The zero-order chi connectivity index (χ0) is 15.4. The van der Waals surface area contributed by atoms with E-state index in [1.54, 1.807) is 13.1 Å². The van der Waals surface area contributed by atoms with Crippen LogP contribution in [0.5, 0.6) is 5.75 Å². The summed E-state index contributed by atoms with van der Waals surface area (Å²) in [5.74, 6) is 2.17. The van der Waals surface area contributed by atoms with Crippen LogP contribution in [0.3, 0.4) is 0 Å². The molecule has 2 fully saturated rings. The lowest BCUT2D eigenvalue weighted by Crippen LogP contribution is -2.28. The average molecular weight is 303 g/mol. The number of nitrogens with zero attached hydrogens (tertiary/aromatic N) is 1. The molecule has 1 saturated carbocycles. The SMILES string of the molecule is CC(=O)NCC[C@H]1C[C@@H]1c1cncc(OC[C@@H]2CCCN2)c1. The number of amides is 1. The Balaban J connectivity index is 1.46. The van der Waals surface area contributed by atoms with Gasteiger partial charge in [-0.1, -0.05) is 0 Å². The molecule has 2 aliphatic rings. The Morgan fingerprint density at radius 2 is 2.41 bits per heavy atom. The molecule has 1 amide bonds. The van der Waals surface area contributed by atoms with Gasteiger partial charge in [0.2, 0.25) is 5.91 Å². The summed E-state index contributed by atoms with van der Waals surface area (Å²) in [7, 11) is 0. The summed E-state index contributed by atoms with van der Waals surface area (Å²) in [5.41, 5.74) is 1.27. The van der Waals surface area contributed by atoms with Crippen molar-refractivity contribution in [1.29, 1.82) is 0 Å².